The summed E-state index contributed by atoms with van der Waals surface area (Å²) in [6.07, 6.45) is -0.490. The Morgan fingerprint density at radius 1 is 1.09 bits per heavy atom. The van der Waals surface area contributed by atoms with Gasteiger partial charge in [-0.05, 0) is 11.6 Å². The van der Waals surface area contributed by atoms with Crippen molar-refractivity contribution in [3.8, 4) is 6.07 Å². The molecule has 0 bridgehead atoms. The molecule has 0 aromatic heterocycles. The lowest BCUT2D eigenvalue weighted by molar-refractivity contribution is -0.141. The van der Waals surface area contributed by atoms with E-state index in [1.54, 1.807) is 24.3 Å². The van der Waals surface area contributed by atoms with Gasteiger partial charge in [-0.25, -0.2) is 4.79 Å². The smallest absolute Gasteiger partial charge is 0.339 e. The molecule has 172 valence electrons. The molecule has 9 nitrogen and oxygen atoms in total. The first-order valence-electron chi connectivity index (χ1n) is 10.3. The predicted molar refractivity (Wildman–Crippen MR) is 119 cm³/mol. The van der Waals surface area contributed by atoms with E-state index in [0.29, 0.717) is 11.3 Å². The summed E-state index contributed by atoms with van der Waals surface area (Å²) in [6, 6.07) is 18.0. The molecule has 2 N–H and O–H groups in total. The zero-order valence-corrected chi connectivity index (χ0v) is 18.5. The van der Waals surface area contributed by atoms with Gasteiger partial charge in [0.05, 0.1) is 20.8 Å². The van der Waals surface area contributed by atoms with Crippen LogP contribution in [0.3, 0.4) is 0 Å². The van der Waals surface area contributed by atoms with Gasteiger partial charge in [-0.1, -0.05) is 48.5 Å². The third kappa shape index (κ3) is 3.28. The van der Waals surface area contributed by atoms with Gasteiger partial charge >= 0.3 is 11.9 Å². The van der Waals surface area contributed by atoms with E-state index < -0.39 is 29.7 Å². The van der Waals surface area contributed by atoms with Crippen molar-refractivity contribution < 1.29 is 28.6 Å². The molecule has 0 saturated heterocycles. The highest BCUT2D eigenvalue weighted by Crippen LogP contribution is 2.54. The second-order valence-electron chi connectivity index (χ2n) is 7.64. The quantitative estimate of drug-likeness (QED) is 0.673. The van der Waals surface area contributed by atoms with Gasteiger partial charge in [-0.15, -0.1) is 0 Å². The maximum atomic E-state index is 14.3. The van der Waals surface area contributed by atoms with Gasteiger partial charge in [-0.3, -0.25) is 9.59 Å². The third-order valence-corrected chi connectivity index (χ3v) is 5.89. The van der Waals surface area contributed by atoms with Crippen LogP contribution in [-0.2, 0) is 40.6 Å². The molecule has 0 unspecified atom stereocenters. The third-order valence-electron chi connectivity index (χ3n) is 5.89. The van der Waals surface area contributed by atoms with Crippen LogP contribution < -0.4 is 10.6 Å². The van der Waals surface area contributed by atoms with Crippen molar-refractivity contribution in [3.05, 3.63) is 88.5 Å². The number of benzene rings is 2. The van der Waals surface area contributed by atoms with Crippen LogP contribution in [-0.4, -0.2) is 32.1 Å². The fourth-order valence-corrected chi connectivity index (χ4v) is 4.45. The Hall–Kier alpha value is -4.58. The molecule has 4 rings (SSSR count). The number of amides is 1. The number of hydrogen-bond donors (Lipinski definition) is 1. The second-order valence-corrected chi connectivity index (χ2v) is 7.64. The number of nitrogens with two attached hydrogens (primary N) is 1. The van der Waals surface area contributed by atoms with Crippen LogP contribution in [0, 0.1) is 11.3 Å². The van der Waals surface area contributed by atoms with Crippen LogP contribution in [0.2, 0.25) is 0 Å². The van der Waals surface area contributed by atoms with Gasteiger partial charge in [0, 0.05) is 11.3 Å². The highest BCUT2D eigenvalue weighted by molar-refractivity contribution is 6.18. The van der Waals surface area contributed by atoms with Crippen molar-refractivity contribution in [2.24, 2.45) is 5.73 Å². The Bertz CT molecular complexity index is 1290. The van der Waals surface area contributed by atoms with Crippen molar-refractivity contribution >= 4 is 23.5 Å². The Kier molecular flexibility index (Phi) is 5.82. The number of anilines is 1. The zero-order chi connectivity index (χ0) is 24.5. The second kappa shape index (κ2) is 8.75. The van der Waals surface area contributed by atoms with E-state index in [4.69, 9.17) is 19.9 Å². The number of hydrogen-bond acceptors (Lipinski definition) is 8. The van der Waals surface area contributed by atoms with E-state index in [1.807, 2.05) is 36.4 Å². The van der Waals surface area contributed by atoms with Crippen molar-refractivity contribution in [3.63, 3.8) is 0 Å². The van der Waals surface area contributed by atoms with Gasteiger partial charge < -0.3 is 24.8 Å². The SMILES string of the molecule is COC(=O)CC1=C(C(=O)OC)[C@]2(C(=O)N(Cc3ccccc3)c3ccccc32)C(C#N)=C(N)O1. The summed E-state index contributed by atoms with van der Waals surface area (Å²) in [5.41, 5.74) is 5.32. The fourth-order valence-electron chi connectivity index (χ4n) is 4.45. The monoisotopic (exact) mass is 459 g/mol. The van der Waals surface area contributed by atoms with Gasteiger partial charge in [0.2, 0.25) is 11.8 Å². The average Bonchev–Trinajstić information content (AvgIpc) is 3.08. The Labute approximate surface area is 195 Å². The number of nitrogens with zero attached hydrogens (tertiary/aromatic N) is 2. The van der Waals surface area contributed by atoms with Gasteiger partial charge in [0.25, 0.3) is 0 Å². The molecule has 1 amide bonds. The molecule has 0 radical (unpaired) electrons. The molecule has 2 aliphatic heterocycles. The lowest BCUT2D eigenvalue weighted by Gasteiger charge is -2.35. The molecule has 34 heavy (non-hydrogen) atoms. The maximum Gasteiger partial charge on any atom is 0.339 e. The van der Waals surface area contributed by atoms with Crippen LogP contribution in [0.4, 0.5) is 5.69 Å². The van der Waals surface area contributed by atoms with E-state index in [1.165, 1.54) is 12.0 Å². The number of carbonyl (C=O) groups is 3. The van der Waals surface area contributed by atoms with Gasteiger partial charge in [-0.2, -0.15) is 5.26 Å². The number of rotatable bonds is 5. The summed E-state index contributed by atoms with van der Waals surface area (Å²) in [7, 11) is 2.32. The first kappa shape index (κ1) is 22.6. The van der Waals surface area contributed by atoms with Crippen molar-refractivity contribution in [2.45, 2.75) is 18.4 Å². The molecule has 0 fully saturated rings. The minimum Gasteiger partial charge on any atom is -0.469 e. The number of esters is 2. The van der Waals surface area contributed by atoms with E-state index >= 15 is 0 Å². The molecule has 2 aromatic rings. The summed E-state index contributed by atoms with van der Waals surface area (Å²) in [5.74, 6) is -2.81. The number of methoxy groups -OCH3 is 2. The van der Waals surface area contributed by atoms with E-state index in [-0.39, 0.29) is 29.3 Å². The zero-order valence-electron chi connectivity index (χ0n) is 18.5. The number of ether oxygens (including phenoxy) is 3. The molecule has 2 heterocycles. The van der Waals surface area contributed by atoms with E-state index in [0.717, 1.165) is 12.7 Å². The molecule has 9 heteroatoms. The molecule has 1 spiro atoms. The predicted octanol–water partition coefficient (Wildman–Crippen LogP) is 2.19. The minimum atomic E-state index is -1.95. The summed E-state index contributed by atoms with van der Waals surface area (Å²) in [4.78, 5) is 41.0. The van der Waals surface area contributed by atoms with E-state index in [2.05, 4.69) is 0 Å². The summed E-state index contributed by atoms with van der Waals surface area (Å²) in [5, 5.41) is 10.1. The Morgan fingerprint density at radius 2 is 1.76 bits per heavy atom. The average molecular weight is 459 g/mol. The number of carbonyl (C=O) groups excluding carboxylic acids is 3. The first-order valence-corrected chi connectivity index (χ1v) is 10.3. The minimum absolute atomic E-state index is 0.179. The van der Waals surface area contributed by atoms with Crippen LogP contribution >= 0.6 is 0 Å². The fraction of sp³-hybridized carbons (Fsp3) is 0.200. The molecule has 2 aromatic carbocycles. The molecular formula is C25H21N3O6. The highest BCUT2D eigenvalue weighted by Gasteiger charge is 2.62. The van der Waals surface area contributed by atoms with Crippen LogP contribution in [0.1, 0.15) is 17.5 Å². The Balaban J connectivity index is 2.03. The maximum absolute atomic E-state index is 14.3. The van der Waals surface area contributed by atoms with Crippen molar-refractivity contribution in [2.75, 3.05) is 19.1 Å². The normalized spacial score (nSPS) is 19.0. The first-order chi connectivity index (χ1) is 16.4. The van der Waals surface area contributed by atoms with Gasteiger partial charge in [0.15, 0.2) is 5.41 Å². The molecule has 1 atom stereocenters. The highest BCUT2D eigenvalue weighted by atomic mass is 16.5. The molecule has 0 aliphatic carbocycles. The number of para-hydroxylation sites is 1. The summed E-state index contributed by atoms with van der Waals surface area (Å²) >= 11 is 0. The standard InChI is InChI=1S/C25H21N3O6/c1-32-20(29)12-19-21(23(30)33-2)25(17(13-26)22(27)34-19)16-10-6-7-11-18(16)28(24(25)31)14-15-8-4-3-5-9-15/h3-11H,12,14,27H2,1-2H3/t25-/m1/s1. The van der Waals surface area contributed by atoms with E-state index in [9.17, 15) is 19.6 Å². The molecule has 0 saturated carbocycles. The van der Waals surface area contributed by atoms with Crippen molar-refractivity contribution in [1.82, 2.24) is 0 Å². The van der Waals surface area contributed by atoms with Crippen LogP contribution in [0.5, 0.6) is 0 Å². The lowest BCUT2D eigenvalue weighted by Crippen LogP contribution is -2.48. The van der Waals surface area contributed by atoms with Crippen LogP contribution in [0.25, 0.3) is 0 Å². The lowest BCUT2D eigenvalue weighted by atomic mass is 9.68. The summed E-state index contributed by atoms with van der Waals surface area (Å²) in [6.45, 7) is 0.179. The Morgan fingerprint density at radius 3 is 2.41 bits per heavy atom. The summed E-state index contributed by atoms with van der Waals surface area (Å²) < 4.78 is 15.3. The molecule has 2 aliphatic rings. The van der Waals surface area contributed by atoms with Crippen molar-refractivity contribution in [1.29, 1.82) is 5.26 Å². The van der Waals surface area contributed by atoms with Gasteiger partial charge in [0.1, 0.15) is 29.4 Å². The number of nitriles is 1. The van der Waals surface area contributed by atoms with Crippen LogP contribution in [0.15, 0.2) is 77.4 Å². The molecular weight excluding hydrogens is 438 g/mol. The number of fused-ring (bicyclic) bond motifs is 2. The largest absolute Gasteiger partial charge is 0.469 e. The topological polar surface area (TPSA) is 132 Å².